The van der Waals surface area contributed by atoms with Crippen molar-refractivity contribution in [1.82, 2.24) is 0 Å². The number of carbonyl (C=O) groups is 2. The highest BCUT2D eigenvalue weighted by molar-refractivity contribution is 6.01. The predicted molar refractivity (Wildman–Crippen MR) is 67.9 cm³/mol. The lowest BCUT2D eigenvalue weighted by atomic mass is 9.60. The summed E-state index contributed by atoms with van der Waals surface area (Å²) in [5.74, 6) is -0.355. The molecule has 1 aliphatic rings. The van der Waals surface area contributed by atoms with Gasteiger partial charge in [-0.15, -0.1) is 0 Å². The summed E-state index contributed by atoms with van der Waals surface area (Å²) in [6.45, 7) is 6.26. The molecule has 0 atom stereocenters. The summed E-state index contributed by atoms with van der Waals surface area (Å²) in [5, 5.41) is 0. The highest BCUT2D eigenvalue weighted by Crippen LogP contribution is 2.49. The van der Waals surface area contributed by atoms with Gasteiger partial charge in [-0.3, -0.25) is 9.59 Å². The van der Waals surface area contributed by atoms with Crippen LogP contribution in [-0.2, 0) is 19.1 Å². The molecule has 1 fully saturated rings. The van der Waals surface area contributed by atoms with E-state index in [-0.39, 0.29) is 0 Å². The van der Waals surface area contributed by atoms with Gasteiger partial charge in [0.1, 0.15) is 0 Å². The van der Waals surface area contributed by atoms with Crippen LogP contribution in [0.25, 0.3) is 0 Å². The lowest BCUT2D eigenvalue weighted by Crippen LogP contribution is -2.51. The molecule has 0 unspecified atom stereocenters. The van der Waals surface area contributed by atoms with Crippen LogP contribution in [0.1, 0.15) is 52.9 Å². The molecule has 0 aromatic carbocycles. The second-order valence-corrected chi connectivity index (χ2v) is 4.94. The quantitative estimate of drug-likeness (QED) is 0.519. The fourth-order valence-electron chi connectivity index (χ4n) is 2.58. The third kappa shape index (κ3) is 3.03. The van der Waals surface area contributed by atoms with E-state index < -0.39 is 17.4 Å². The first kappa shape index (κ1) is 15.0. The van der Waals surface area contributed by atoms with E-state index in [4.69, 9.17) is 9.47 Å². The lowest BCUT2D eigenvalue weighted by Gasteiger charge is -2.43. The Labute approximate surface area is 109 Å². The number of rotatable bonds is 7. The lowest BCUT2D eigenvalue weighted by molar-refractivity contribution is -0.183. The van der Waals surface area contributed by atoms with Crippen molar-refractivity contribution in [2.75, 3.05) is 13.2 Å². The standard InChI is InChI=1S/C14H24O4/c1-4-7-8-11-9-14(10-11,12(15)17-5-2)13(16)18-6-3/h11H,4-10H2,1-3H3. The van der Waals surface area contributed by atoms with Gasteiger partial charge in [-0.2, -0.15) is 0 Å². The van der Waals surface area contributed by atoms with E-state index in [2.05, 4.69) is 6.92 Å². The van der Waals surface area contributed by atoms with Crippen molar-refractivity contribution in [3.05, 3.63) is 0 Å². The summed E-state index contributed by atoms with van der Waals surface area (Å²) < 4.78 is 10.1. The molecule has 0 amide bonds. The Morgan fingerprint density at radius 1 is 1.06 bits per heavy atom. The second kappa shape index (κ2) is 6.76. The van der Waals surface area contributed by atoms with E-state index in [9.17, 15) is 9.59 Å². The van der Waals surface area contributed by atoms with Gasteiger partial charge in [0, 0.05) is 0 Å². The van der Waals surface area contributed by atoms with Gasteiger partial charge in [0.15, 0.2) is 5.41 Å². The van der Waals surface area contributed by atoms with Crippen molar-refractivity contribution >= 4 is 11.9 Å². The molecular weight excluding hydrogens is 232 g/mol. The Hall–Kier alpha value is -1.06. The largest absolute Gasteiger partial charge is 0.465 e. The molecular formula is C14H24O4. The molecule has 0 aliphatic heterocycles. The zero-order valence-electron chi connectivity index (χ0n) is 11.7. The summed E-state index contributed by atoms with van der Waals surface area (Å²) in [5.41, 5.74) is -1.01. The van der Waals surface area contributed by atoms with Crippen molar-refractivity contribution in [2.45, 2.75) is 52.9 Å². The zero-order valence-corrected chi connectivity index (χ0v) is 11.7. The minimum absolute atomic E-state index is 0.305. The Morgan fingerprint density at radius 2 is 1.56 bits per heavy atom. The average Bonchev–Trinajstić information content (AvgIpc) is 2.28. The maximum Gasteiger partial charge on any atom is 0.323 e. The highest BCUT2D eigenvalue weighted by atomic mass is 16.6. The normalized spacial score (nSPS) is 17.9. The van der Waals surface area contributed by atoms with Crippen LogP contribution >= 0.6 is 0 Å². The molecule has 0 aromatic heterocycles. The average molecular weight is 256 g/mol. The van der Waals surface area contributed by atoms with Crippen LogP contribution in [-0.4, -0.2) is 25.2 Å². The summed E-state index contributed by atoms with van der Waals surface area (Å²) in [7, 11) is 0. The van der Waals surface area contributed by atoms with E-state index >= 15 is 0 Å². The SMILES string of the molecule is CCCCC1CC(C(=O)OCC)(C(=O)OCC)C1. The topological polar surface area (TPSA) is 52.6 Å². The van der Waals surface area contributed by atoms with E-state index in [1.54, 1.807) is 13.8 Å². The smallest absolute Gasteiger partial charge is 0.323 e. The van der Waals surface area contributed by atoms with E-state index in [1.807, 2.05) is 0 Å². The summed E-state index contributed by atoms with van der Waals surface area (Å²) in [6.07, 6.45) is 4.54. The molecule has 104 valence electrons. The first-order valence-corrected chi connectivity index (χ1v) is 6.95. The summed E-state index contributed by atoms with van der Waals surface area (Å²) >= 11 is 0. The third-order valence-corrected chi connectivity index (χ3v) is 3.57. The van der Waals surface area contributed by atoms with Gasteiger partial charge in [0.2, 0.25) is 0 Å². The molecule has 0 radical (unpaired) electrons. The minimum Gasteiger partial charge on any atom is -0.465 e. The minimum atomic E-state index is -1.01. The second-order valence-electron chi connectivity index (χ2n) is 4.94. The molecule has 0 bridgehead atoms. The Balaban J connectivity index is 2.62. The van der Waals surface area contributed by atoms with Crippen molar-refractivity contribution in [2.24, 2.45) is 11.3 Å². The van der Waals surface area contributed by atoms with Gasteiger partial charge in [-0.1, -0.05) is 26.2 Å². The number of hydrogen-bond acceptors (Lipinski definition) is 4. The first-order chi connectivity index (χ1) is 8.60. The predicted octanol–water partition coefficient (Wildman–Crippen LogP) is 2.70. The molecule has 18 heavy (non-hydrogen) atoms. The Bertz CT molecular complexity index is 272. The zero-order chi connectivity index (χ0) is 13.6. The van der Waals surface area contributed by atoms with Crippen LogP contribution in [0, 0.1) is 11.3 Å². The summed E-state index contributed by atoms with van der Waals surface area (Å²) in [6, 6.07) is 0. The van der Waals surface area contributed by atoms with Crippen LogP contribution in [0.4, 0.5) is 0 Å². The molecule has 1 saturated carbocycles. The maximum atomic E-state index is 12.0. The number of unbranched alkanes of at least 4 members (excludes halogenated alkanes) is 1. The number of carbonyl (C=O) groups excluding carboxylic acids is 2. The molecule has 0 spiro atoms. The molecule has 1 rings (SSSR count). The molecule has 0 aromatic rings. The van der Waals surface area contributed by atoms with Crippen molar-refractivity contribution < 1.29 is 19.1 Å². The van der Waals surface area contributed by atoms with Crippen LogP contribution in [0.5, 0.6) is 0 Å². The summed E-state index contributed by atoms with van der Waals surface area (Å²) in [4.78, 5) is 23.9. The van der Waals surface area contributed by atoms with Crippen LogP contribution in [0.15, 0.2) is 0 Å². The molecule has 4 nitrogen and oxygen atoms in total. The maximum absolute atomic E-state index is 12.0. The Morgan fingerprint density at radius 3 is 1.94 bits per heavy atom. The van der Waals surface area contributed by atoms with E-state index in [0.29, 0.717) is 32.0 Å². The van der Waals surface area contributed by atoms with Crippen LogP contribution < -0.4 is 0 Å². The van der Waals surface area contributed by atoms with Crippen molar-refractivity contribution in [1.29, 1.82) is 0 Å². The molecule has 4 heteroatoms. The highest BCUT2D eigenvalue weighted by Gasteiger charge is 2.57. The number of hydrogen-bond donors (Lipinski definition) is 0. The molecule has 0 saturated heterocycles. The van der Waals surface area contributed by atoms with Gasteiger partial charge in [0.05, 0.1) is 13.2 Å². The van der Waals surface area contributed by atoms with Gasteiger partial charge in [0.25, 0.3) is 0 Å². The van der Waals surface area contributed by atoms with Gasteiger partial charge < -0.3 is 9.47 Å². The molecule has 1 aliphatic carbocycles. The van der Waals surface area contributed by atoms with Crippen molar-refractivity contribution in [3.8, 4) is 0 Å². The molecule has 0 heterocycles. The first-order valence-electron chi connectivity index (χ1n) is 6.95. The van der Waals surface area contributed by atoms with E-state index in [1.165, 1.54) is 0 Å². The number of esters is 2. The van der Waals surface area contributed by atoms with Gasteiger partial charge >= 0.3 is 11.9 Å². The fourth-order valence-corrected chi connectivity index (χ4v) is 2.58. The molecule has 0 N–H and O–H groups in total. The third-order valence-electron chi connectivity index (χ3n) is 3.57. The van der Waals surface area contributed by atoms with Gasteiger partial charge in [-0.05, 0) is 32.6 Å². The van der Waals surface area contributed by atoms with Crippen molar-refractivity contribution in [3.63, 3.8) is 0 Å². The Kier molecular flexibility index (Phi) is 5.63. The van der Waals surface area contributed by atoms with Gasteiger partial charge in [-0.25, -0.2) is 0 Å². The monoisotopic (exact) mass is 256 g/mol. The van der Waals surface area contributed by atoms with E-state index in [0.717, 1.165) is 19.3 Å². The number of ether oxygens (including phenoxy) is 2. The van der Waals surface area contributed by atoms with Crippen LogP contribution in [0.2, 0.25) is 0 Å². The van der Waals surface area contributed by atoms with Crippen LogP contribution in [0.3, 0.4) is 0 Å². The fraction of sp³-hybridized carbons (Fsp3) is 0.857.